The fraction of sp³-hybridized carbons (Fsp3) is 0.300. The van der Waals surface area contributed by atoms with Crippen LogP contribution >= 0.6 is 38.9 Å². The van der Waals surface area contributed by atoms with Gasteiger partial charge in [0.2, 0.25) is 0 Å². The van der Waals surface area contributed by atoms with E-state index in [0.717, 1.165) is 32.6 Å². The van der Waals surface area contributed by atoms with Crippen molar-refractivity contribution in [2.75, 3.05) is 0 Å². The lowest BCUT2D eigenvalue weighted by molar-refractivity contribution is 0.913. The van der Waals surface area contributed by atoms with Crippen LogP contribution < -0.4 is 0 Å². The minimum absolute atomic E-state index is 0.730. The van der Waals surface area contributed by atoms with Crippen molar-refractivity contribution in [2.24, 2.45) is 0 Å². The number of thiazole rings is 1. The zero-order valence-corrected chi connectivity index (χ0v) is 10.8. The molecule has 0 aliphatic carbocycles. The number of fused-ring (bicyclic) bond motifs is 1. The monoisotopic (exact) mass is 289 g/mol. The van der Waals surface area contributed by atoms with Crippen molar-refractivity contribution in [3.8, 4) is 0 Å². The molecule has 14 heavy (non-hydrogen) atoms. The standard InChI is InChI=1S/C10H9BrClNS/c1-2-3-9-13-10-7(12)4-6(11)5-8(10)14-9/h4-5H,2-3H2,1H3. The number of halogens is 2. The molecule has 1 aromatic heterocycles. The van der Waals surface area contributed by atoms with Crippen molar-refractivity contribution in [1.29, 1.82) is 0 Å². The lowest BCUT2D eigenvalue weighted by Gasteiger charge is -1.92. The van der Waals surface area contributed by atoms with Gasteiger partial charge in [-0.05, 0) is 25.0 Å². The van der Waals surface area contributed by atoms with Crippen molar-refractivity contribution in [3.05, 3.63) is 26.6 Å². The second-order valence-electron chi connectivity index (χ2n) is 3.09. The second-order valence-corrected chi connectivity index (χ2v) is 5.53. The third kappa shape index (κ3) is 1.95. The van der Waals surface area contributed by atoms with Gasteiger partial charge >= 0.3 is 0 Å². The number of rotatable bonds is 2. The van der Waals surface area contributed by atoms with Crippen molar-refractivity contribution in [3.63, 3.8) is 0 Å². The average molecular weight is 291 g/mol. The van der Waals surface area contributed by atoms with Gasteiger partial charge in [0.25, 0.3) is 0 Å². The third-order valence-corrected chi connectivity index (χ3v) is 3.73. The summed E-state index contributed by atoms with van der Waals surface area (Å²) in [7, 11) is 0. The van der Waals surface area contributed by atoms with Gasteiger partial charge in [-0.1, -0.05) is 34.5 Å². The molecule has 0 unspecified atom stereocenters. The van der Waals surface area contributed by atoms with E-state index in [1.807, 2.05) is 6.07 Å². The lowest BCUT2D eigenvalue weighted by atomic mass is 10.3. The lowest BCUT2D eigenvalue weighted by Crippen LogP contribution is -1.79. The highest BCUT2D eigenvalue weighted by atomic mass is 79.9. The van der Waals surface area contributed by atoms with E-state index in [4.69, 9.17) is 11.6 Å². The molecule has 0 saturated carbocycles. The first-order chi connectivity index (χ1) is 6.70. The maximum atomic E-state index is 6.09. The van der Waals surface area contributed by atoms with Gasteiger partial charge < -0.3 is 0 Å². The summed E-state index contributed by atoms with van der Waals surface area (Å²) in [5.74, 6) is 0. The van der Waals surface area contributed by atoms with Crippen LogP contribution in [-0.4, -0.2) is 4.98 Å². The van der Waals surface area contributed by atoms with Crippen LogP contribution in [0.2, 0.25) is 5.02 Å². The van der Waals surface area contributed by atoms with Crippen LogP contribution in [0.4, 0.5) is 0 Å². The molecule has 0 saturated heterocycles. The summed E-state index contributed by atoms with van der Waals surface area (Å²) < 4.78 is 2.18. The Labute approximate surface area is 100 Å². The Balaban J connectivity index is 2.58. The topological polar surface area (TPSA) is 12.9 Å². The molecule has 0 aliphatic rings. The molecule has 0 aliphatic heterocycles. The van der Waals surface area contributed by atoms with Crippen molar-refractivity contribution >= 4 is 49.1 Å². The Morgan fingerprint density at radius 3 is 3.00 bits per heavy atom. The number of aromatic nitrogens is 1. The third-order valence-electron chi connectivity index (χ3n) is 1.92. The van der Waals surface area contributed by atoms with Gasteiger partial charge in [-0.25, -0.2) is 4.98 Å². The van der Waals surface area contributed by atoms with Gasteiger partial charge in [0.15, 0.2) is 0 Å². The molecule has 0 radical (unpaired) electrons. The predicted octanol–water partition coefficient (Wildman–Crippen LogP) is 4.66. The van der Waals surface area contributed by atoms with E-state index in [1.165, 1.54) is 5.01 Å². The molecule has 0 spiro atoms. The molecule has 0 N–H and O–H groups in total. The van der Waals surface area contributed by atoms with Gasteiger partial charge in [0.05, 0.1) is 14.7 Å². The summed E-state index contributed by atoms with van der Waals surface area (Å²) in [6.45, 7) is 2.16. The van der Waals surface area contributed by atoms with E-state index in [-0.39, 0.29) is 0 Å². The molecule has 0 bridgehead atoms. The molecule has 1 aromatic carbocycles. The van der Waals surface area contributed by atoms with Crippen LogP contribution in [-0.2, 0) is 6.42 Å². The van der Waals surface area contributed by atoms with E-state index >= 15 is 0 Å². The zero-order chi connectivity index (χ0) is 10.1. The number of benzene rings is 1. The zero-order valence-electron chi connectivity index (χ0n) is 7.68. The highest BCUT2D eigenvalue weighted by Gasteiger charge is 2.07. The molecule has 1 nitrogen and oxygen atoms in total. The molecule has 2 rings (SSSR count). The summed E-state index contributed by atoms with van der Waals surface area (Å²) in [4.78, 5) is 4.51. The van der Waals surface area contributed by atoms with Gasteiger partial charge in [0, 0.05) is 4.47 Å². The number of nitrogens with zero attached hydrogens (tertiary/aromatic N) is 1. The Bertz CT molecular complexity index is 466. The van der Waals surface area contributed by atoms with Crippen LogP contribution in [0.3, 0.4) is 0 Å². The molecule has 1 heterocycles. The maximum absolute atomic E-state index is 6.09. The fourth-order valence-corrected chi connectivity index (χ4v) is 3.52. The van der Waals surface area contributed by atoms with E-state index in [2.05, 4.69) is 33.9 Å². The van der Waals surface area contributed by atoms with E-state index in [1.54, 1.807) is 11.3 Å². The van der Waals surface area contributed by atoms with E-state index in [0.29, 0.717) is 0 Å². The van der Waals surface area contributed by atoms with E-state index < -0.39 is 0 Å². The van der Waals surface area contributed by atoms with Gasteiger partial charge in [-0.2, -0.15) is 0 Å². The molecule has 4 heteroatoms. The molecule has 0 atom stereocenters. The van der Waals surface area contributed by atoms with Crippen LogP contribution in [0.1, 0.15) is 18.4 Å². The second kappa shape index (κ2) is 4.17. The maximum Gasteiger partial charge on any atom is 0.100 e. The van der Waals surface area contributed by atoms with Crippen molar-refractivity contribution in [2.45, 2.75) is 19.8 Å². The first kappa shape index (κ1) is 10.4. The molecular formula is C10H9BrClNS. The summed E-state index contributed by atoms with van der Waals surface area (Å²) >= 11 is 11.2. The first-order valence-corrected chi connectivity index (χ1v) is 6.44. The highest BCUT2D eigenvalue weighted by Crippen LogP contribution is 2.31. The Hall–Kier alpha value is -0.120. The highest BCUT2D eigenvalue weighted by molar-refractivity contribution is 9.10. The van der Waals surface area contributed by atoms with Crippen LogP contribution in [0.15, 0.2) is 16.6 Å². The fourth-order valence-electron chi connectivity index (χ4n) is 1.32. The number of hydrogen-bond donors (Lipinski definition) is 0. The Morgan fingerprint density at radius 2 is 2.29 bits per heavy atom. The minimum atomic E-state index is 0.730. The summed E-state index contributed by atoms with van der Waals surface area (Å²) in [5.41, 5.74) is 0.934. The summed E-state index contributed by atoms with van der Waals surface area (Å²) in [6, 6.07) is 3.96. The van der Waals surface area contributed by atoms with Gasteiger partial charge in [-0.3, -0.25) is 0 Å². The van der Waals surface area contributed by atoms with E-state index in [9.17, 15) is 0 Å². The SMILES string of the molecule is CCCc1nc2c(Cl)cc(Br)cc2s1. The summed E-state index contributed by atoms with van der Waals surface area (Å²) in [5, 5.41) is 1.90. The first-order valence-electron chi connectivity index (χ1n) is 4.45. The van der Waals surface area contributed by atoms with Crippen molar-refractivity contribution < 1.29 is 0 Å². The van der Waals surface area contributed by atoms with Gasteiger partial charge in [-0.15, -0.1) is 11.3 Å². The number of hydrogen-bond acceptors (Lipinski definition) is 2. The minimum Gasteiger partial charge on any atom is -0.240 e. The predicted molar refractivity (Wildman–Crippen MR) is 66.3 cm³/mol. The number of aryl methyl sites for hydroxylation is 1. The normalized spacial score (nSPS) is 11.1. The molecule has 0 amide bonds. The van der Waals surface area contributed by atoms with Crippen LogP contribution in [0, 0.1) is 0 Å². The van der Waals surface area contributed by atoms with Crippen LogP contribution in [0.5, 0.6) is 0 Å². The van der Waals surface area contributed by atoms with Crippen molar-refractivity contribution in [1.82, 2.24) is 4.98 Å². The Kier molecular flexibility index (Phi) is 3.10. The summed E-state index contributed by atoms with van der Waals surface area (Å²) in [6.07, 6.45) is 2.16. The molecular weight excluding hydrogens is 282 g/mol. The molecule has 0 fully saturated rings. The average Bonchev–Trinajstić information content (AvgIpc) is 2.48. The van der Waals surface area contributed by atoms with Crippen LogP contribution in [0.25, 0.3) is 10.2 Å². The van der Waals surface area contributed by atoms with Gasteiger partial charge in [0.1, 0.15) is 5.52 Å². The Morgan fingerprint density at radius 1 is 1.50 bits per heavy atom. The quantitative estimate of drug-likeness (QED) is 0.783. The molecule has 74 valence electrons. The largest absolute Gasteiger partial charge is 0.240 e. The smallest absolute Gasteiger partial charge is 0.100 e. The molecule has 2 aromatic rings.